The van der Waals surface area contributed by atoms with Crippen LogP contribution in [-0.2, 0) is 0 Å². The Balaban J connectivity index is 1.49. The van der Waals surface area contributed by atoms with Gasteiger partial charge in [0.05, 0.1) is 16.1 Å². The van der Waals surface area contributed by atoms with E-state index in [1.54, 1.807) is 73.1 Å². The van der Waals surface area contributed by atoms with Crippen LogP contribution in [0.4, 0.5) is 11.4 Å². The second kappa shape index (κ2) is 9.19. The van der Waals surface area contributed by atoms with Gasteiger partial charge in [-0.05, 0) is 60.3 Å². The normalized spacial score (nSPS) is 10.4. The minimum atomic E-state index is -0.328. The maximum absolute atomic E-state index is 12.9. The minimum absolute atomic E-state index is 0.245. The number of ether oxygens (including phenoxy) is 1. The lowest BCUT2D eigenvalue weighted by Gasteiger charge is -2.13. The maximum Gasteiger partial charge on any atom is 0.321 e. The zero-order valence-electron chi connectivity index (χ0n) is 16.5. The van der Waals surface area contributed by atoms with Gasteiger partial charge in [0.2, 0.25) is 0 Å². The van der Waals surface area contributed by atoms with Gasteiger partial charge in [-0.2, -0.15) is 0 Å². The molecule has 7 nitrogen and oxygen atoms in total. The smallest absolute Gasteiger partial charge is 0.321 e. The van der Waals surface area contributed by atoms with Crippen LogP contribution in [-0.4, -0.2) is 21.8 Å². The molecule has 0 aliphatic rings. The van der Waals surface area contributed by atoms with Crippen LogP contribution in [0.3, 0.4) is 0 Å². The van der Waals surface area contributed by atoms with Crippen molar-refractivity contribution in [2.75, 3.05) is 10.6 Å². The summed E-state index contributed by atoms with van der Waals surface area (Å²) in [5.74, 6) is -0.0217. The molecule has 31 heavy (non-hydrogen) atoms. The molecule has 2 heterocycles. The van der Waals surface area contributed by atoms with E-state index >= 15 is 0 Å². The van der Waals surface area contributed by atoms with Crippen molar-refractivity contribution in [3.05, 3.63) is 94.4 Å². The first kappa shape index (κ1) is 20.2. The van der Waals surface area contributed by atoms with Gasteiger partial charge in [0.15, 0.2) is 0 Å². The molecule has 0 unspecified atom stereocenters. The van der Waals surface area contributed by atoms with Gasteiger partial charge in [0.25, 0.3) is 11.8 Å². The fraction of sp³-hybridized carbons (Fsp3) is 0.0435. The van der Waals surface area contributed by atoms with Crippen LogP contribution < -0.4 is 15.4 Å². The van der Waals surface area contributed by atoms with E-state index in [1.807, 2.05) is 12.3 Å². The first-order valence-electron chi connectivity index (χ1n) is 9.41. The van der Waals surface area contributed by atoms with Crippen LogP contribution in [0.5, 0.6) is 11.8 Å². The van der Waals surface area contributed by atoms with E-state index < -0.39 is 0 Å². The average Bonchev–Trinajstić information content (AvgIpc) is 3.32. The van der Waals surface area contributed by atoms with Crippen LogP contribution in [0.2, 0.25) is 0 Å². The van der Waals surface area contributed by atoms with Crippen LogP contribution in [0, 0.1) is 6.92 Å². The predicted octanol–water partition coefficient (Wildman–Crippen LogP) is 5.14. The second-order valence-corrected chi connectivity index (χ2v) is 7.49. The Labute approximate surface area is 182 Å². The molecule has 8 heteroatoms. The van der Waals surface area contributed by atoms with Gasteiger partial charge < -0.3 is 15.4 Å². The minimum Gasteiger partial charge on any atom is -0.424 e. The Bertz CT molecular complexity index is 1210. The Kier molecular flexibility index (Phi) is 6.00. The lowest BCUT2D eigenvalue weighted by molar-refractivity contribution is 0.102. The number of nitrogens with one attached hydrogen (secondary N) is 2. The predicted molar refractivity (Wildman–Crippen MR) is 120 cm³/mol. The number of aryl methyl sites for hydroxylation is 1. The molecule has 2 aromatic carbocycles. The largest absolute Gasteiger partial charge is 0.424 e. The number of carbonyl (C=O) groups excluding carboxylic acids is 2. The molecule has 0 radical (unpaired) electrons. The van der Waals surface area contributed by atoms with E-state index in [4.69, 9.17) is 4.74 Å². The highest BCUT2D eigenvalue weighted by Crippen LogP contribution is 2.26. The van der Waals surface area contributed by atoms with Gasteiger partial charge >= 0.3 is 6.01 Å². The number of hydrogen-bond acceptors (Lipinski definition) is 6. The van der Waals surface area contributed by atoms with Crippen molar-refractivity contribution in [1.82, 2.24) is 9.97 Å². The van der Waals surface area contributed by atoms with Crippen molar-refractivity contribution in [3.8, 4) is 11.8 Å². The summed E-state index contributed by atoms with van der Waals surface area (Å²) in [5, 5.41) is 7.53. The van der Waals surface area contributed by atoms with Gasteiger partial charge in [0.1, 0.15) is 5.75 Å². The molecule has 0 saturated carbocycles. The van der Waals surface area contributed by atoms with Crippen molar-refractivity contribution in [2.24, 2.45) is 0 Å². The number of rotatable bonds is 6. The van der Waals surface area contributed by atoms with E-state index in [1.165, 1.54) is 11.3 Å². The van der Waals surface area contributed by atoms with Gasteiger partial charge in [-0.1, -0.05) is 18.2 Å². The van der Waals surface area contributed by atoms with E-state index in [2.05, 4.69) is 20.6 Å². The number of carbonyl (C=O) groups is 2. The van der Waals surface area contributed by atoms with Crippen molar-refractivity contribution in [3.63, 3.8) is 0 Å². The molecule has 4 rings (SSSR count). The zero-order chi connectivity index (χ0) is 21.6. The fourth-order valence-electron chi connectivity index (χ4n) is 2.85. The van der Waals surface area contributed by atoms with E-state index in [9.17, 15) is 9.59 Å². The van der Waals surface area contributed by atoms with E-state index in [0.717, 1.165) is 5.56 Å². The summed E-state index contributed by atoms with van der Waals surface area (Å²) < 4.78 is 5.62. The molecule has 0 fully saturated rings. The molecule has 0 bridgehead atoms. The third-order valence-corrected chi connectivity index (χ3v) is 5.23. The highest BCUT2D eigenvalue weighted by atomic mass is 32.1. The first-order chi connectivity index (χ1) is 15.1. The molecule has 0 aliphatic heterocycles. The number of hydrogen-bond donors (Lipinski definition) is 2. The van der Waals surface area contributed by atoms with Crippen molar-refractivity contribution in [1.29, 1.82) is 0 Å². The summed E-state index contributed by atoms with van der Waals surface area (Å²) >= 11 is 1.34. The van der Waals surface area contributed by atoms with Gasteiger partial charge in [-0.25, -0.2) is 9.97 Å². The molecule has 0 atom stereocenters. The van der Waals surface area contributed by atoms with E-state index in [0.29, 0.717) is 27.6 Å². The molecule has 0 saturated heterocycles. The highest BCUT2D eigenvalue weighted by Gasteiger charge is 2.15. The molecule has 154 valence electrons. The zero-order valence-corrected chi connectivity index (χ0v) is 17.3. The fourth-order valence-corrected chi connectivity index (χ4v) is 3.47. The van der Waals surface area contributed by atoms with E-state index in [-0.39, 0.29) is 17.8 Å². The molecule has 4 aromatic rings. The Morgan fingerprint density at radius 3 is 2.39 bits per heavy atom. The molecule has 0 spiro atoms. The number of aromatic nitrogens is 2. The van der Waals surface area contributed by atoms with Gasteiger partial charge in [0, 0.05) is 18.1 Å². The summed E-state index contributed by atoms with van der Waals surface area (Å²) in [6.07, 6.45) is 3.19. The molecule has 2 amide bonds. The number of nitrogens with zero attached hydrogens (tertiary/aromatic N) is 2. The third-order valence-electron chi connectivity index (χ3n) is 4.36. The van der Waals surface area contributed by atoms with Crippen LogP contribution in [0.15, 0.2) is 78.4 Å². The van der Waals surface area contributed by atoms with Crippen molar-refractivity contribution >= 4 is 34.5 Å². The maximum atomic E-state index is 12.9. The highest BCUT2D eigenvalue weighted by molar-refractivity contribution is 7.12. The summed E-state index contributed by atoms with van der Waals surface area (Å²) in [7, 11) is 0. The standard InChI is InChI=1S/C23H18N4O3S/c1-15-14-16(30-23-24-11-5-12-25-23)9-10-18(15)26-21(28)17-6-2-3-7-19(17)27-22(29)20-8-4-13-31-20/h2-14H,1H3,(H,26,28)(H,27,29). The third kappa shape index (κ3) is 4.93. The number of anilines is 2. The Hall–Kier alpha value is -4.04. The summed E-state index contributed by atoms with van der Waals surface area (Å²) in [5.41, 5.74) is 2.25. The van der Waals surface area contributed by atoms with Crippen LogP contribution in [0.25, 0.3) is 0 Å². The van der Waals surface area contributed by atoms with Crippen molar-refractivity contribution < 1.29 is 14.3 Å². The molecule has 2 aromatic heterocycles. The summed E-state index contributed by atoms with van der Waals surface area (Å²) in [6.45, 7) is 1.86. The average molecular weight is 430 g/mol. The number of benzene rings is 2. The quantitative estimate of drug-likeness (QED) is 0.442. The number of amides is 2. The first-order valence-corrected chi connectivity index (χ1v) is 10.3. The van der Waals surface area contributed by atoms with Crippen molar-refractivity contribution in [2.45, 2.75) is 6.92 Å². The van der Waals surface area contributed by atoms with Crippen LogP contribution >= 0.6 is 11.3 Å². The Morgan fingerprint density at radius 1 is 0.871 bits per heavy atom. The summed E-state index contributed by atoms with van der Waals surface area (Å²) in [6, 6.07) is 17.6. The molecule has 0 aliphatic carbocycles. The lowest BCUT2D eigenvalue weighted by Crippen LogP contribution is -2.18. The second-order valence-electron chi connectivity index (χ2n) is 6.54. The van der Waals surface area contributed by atoms with Gasteiger partial charge in [-0.3, -0.25) is 9.59 Å². The van der Waals surface area contributed by atoms with Gasteiger partial charge in [-0.15, -0.1) is 11.3 Å². The Morgan fingerprint density at radius 2 is 1.65 bits per heavy atom. The monoisotopic (exact) mass is 430 g/mol. The molecular weight excluding hydrogens is 412 g/mol. The summed E-state index contributed by atoms with van der Waals surface area (Å²) in [4.78, 5) is 33.9. The van der Waals surface area contributed by atoms with Crippen LogP contribution in [0.1, 0.15) is 25.6 Å². The topological polar surface area (TPSA) is 93.2 Å². The number of thiophene rings is 1. The molecule has 2 N–H and O–H groups in total. The lowest BCUT2D eigenvalue weighted by atomic mass is 10.1. The SMILES string of the molecule is Cc1cc(Oc2ncccn2)ccc1NC(=O)c1ccccc1NC(=O)c1cccs1. The molecular formula is C23H18N4O3S. The number of para-hydroxylation sites is 1.